The van der Waals surface area contributed by atoms with Crippen LogP contribution in [0.1, 0.15) is 12.8 Å². The maximum absolute atomic E-state index is 11.5. The molecule has 1 aromatic heterocycles. The van der Waals surface area contributed by atoms with E-state index in [1.54, 1.807) is 18.3 Å². The van der Waals surface area contributed by atoms with Gasteiger partial charge >= 0.3 is 0 Å². The maximum atomic E-state index is 11.5. The second-order valence-corrected chi connectivity index (χ2v) is 4.23. The van der Waals surface area contributed by atoms with Gasteiger partial charge in [-0.1, -0.05) is 6.07 Å². The van der Waals surface area contributed by atoms with Gasteiger partial charge in [0.15, 0.2) is 0 Å². The van der Waals surface area contributed by atoms with Gasteiger partial charge in [0, 0.05) is 38.9 Å². The Bertz CT molecular complexity index is 444. The summed E-state index contributed by atoms with van der Waals surface area (Å²) < 4.78 is 6.26. The van der Waals surface area contributed by atoms with E-state index >= 15 is 0 Å². The first-order valence-electron chi connectivity index (χ1n) is 6.22. The van der Waals surface area contributed by atoms with Crippen molar-refractivity contribution < 1.29 is 14.6 Å². The van der Waals surface area contributed by atoms with E-state index in [0.29, 0.717) is 19.5 Å². The van der Waals surface area contributed by atoms with Crippen LogP contribution in [0.4, 0.5) is 0 Å². The van der Waals surface area contributed by atoms with Gasteiger partial charge in [0.1, 0.15) is 0 Å². The van der Waals surface area contributed by atoms with Crippen LogP contribution in [-0.2, 0) is 16.1 Å². The molecule has 6 heteroatoms. The zero-order valence-electron chi connectivity index (χ0n) is 11.0. The van der Waals surface area contributed by atoms with Crippen LogP contribution in [0.3, 0.4) is 0 Å². The monoisotopic (exact) mass is 268 g/mol. The molecule has 1 unspecified atom stereocenters. The lowest BCUT2D eigenvalue weighted by atomic mass is 10.2. The molecule has 0 fully saturated rings. The number of nitrogens with one attached hydrogen (secondary N) is 1. The standard InChI is InChI=1S/C13H20N2O4/c1-19-10-11(16)5-7-14-12(17)6-9-15-8-3-2-4-13(15)18/h2-4,8,11,16H,5-7,9-10H2,1H3,(H,14,17). The fourth-order valence-corrected chi connectivity index (χ4v) is 1.61. The number of aryl methyl sites for hydroxylation is 1. The number of aromatic nitrogens is 1. The molecule has 1 atom stereocenters. The van der Waals surface area contributed by atoms with Crippen molar-refractivity contribution in [2.45, 2.75) is 25.5 Å². The summed E-state index contributed by atoms with van der Waals surface area (Å²) in [7, 11) is 1.51. The van der Waals surface area contributed by atoms with Crippen LogP contribution in [0.2, 0.25) is 0 Å². The summed E-state index contributed by atoms with van der Waals surface area (Å²) in [5.74, 6) is -0.139. The van der Waals surface area contributed by atoms with Gasteiger partial charge in [0.05, 0.1) is 12.7 Å². The molecule has 19 heavy (non-hydrogen) atoms. The molecule has 1 aromatic rings. The number of aliphatic hydroxyl groups is 1. The fourth-order valence-electron chi connectivity index (χ4n) is 1.61. The number of hydrogen-bond acceptors (Lipinski definition) is 4. The number of hydrogen-bond donors (Lipinski definition) is 2. The Morgan fingerprint density at radius 3 is 3.00 bits per heavy atom. The number of carbonyl (C=O) groups is 1. The van der Waals surface area contributed by atoms with Crippen molar-refractivity contribution in [1.82, 2.24) is 9.88 Å². The highest BCUT2D eigenvalue weighted by molar-refractivity contribution is 5.75. The second-order valence-electron chi connectivity index (χ2n) is 4.23. The summed E-state index contributed by atoms with van der Waals surface area (Å²) in [6.07, 6.45) is 1.77. The molecule has 1 rings (SSSR count). The Morgan fingerprint density at radius 1 is 1.53 bits per heavy atom. The summed E-state index contributed by atoms with van der Waals surface area (Å²) in [6.45, 7) is 1.01. The summed E-state index contributed by atoms with van der Waals surface area (Å²) in [5.41, 5.74) is -0.120. The largest absolute Gasteiger partial charge is 0.391 e. The van der Waals surface area contributed by atoms with Crippen LogP contribution in [-0.4, -0.2) is 41.9 Å². The Balaban J connectivity index is 2.22. The van der Waals surface area contributed by atoms with Crippen LogP contribution >= 0.6 is 0 Å². The van der Waals surface area contributed by atoms with Crippen molar-refractivity contribution >= 4 is 5.91 Å². The maximum Gasteiger partial charge on any atom is 0.250 e. The van der Waals surface area contributed by atoms with Crippen molar-refractivity contribution in [3.05, 3.63) is 34.7 Å². The second kappa shape index (κ2) is 8.44. The van der Waals surface area contributed by atoms with E-state index in [-0.39, 0.29) is 24.5 Å². The third-order valence-electron chi connectivity index (χ3n) is 2.64. The van der Waals surface area contributed by atoms with Crippen molar-refractivity contribution in [2.75, 3.05) is 20.3 Å². The summed E-state index contributed by atoms with van der Waals surface area (Å²) in [6, 6.07) is 4.87. The van der Waals surface area contributed by atoms with Gasteiger partial charge in [-0.15, -0.1) is 0 Å². The van der Waals surface area contributed by atoms with Gasteiger partial charge in [-0.25, -0.2) is 0 Å². The molecule has 6 nitrogen and oxygen atoms in total. The lowest BCUT2D eigenvalue weighted by Gasteiger charge is -2.10. The zero-order chi connectivity index (χ0) is 14.1. The topological polar surface area (TPSA) is 80.6 Å². The van der Waals surface area contributed by atoms with Crippen LogP contribution in [0.5, 0.6) is 0 Å². The molecule has 0 aliphatic carbocycles. The first-order valence-corrected chi connectivity index (χ1v) is 6.22. The van der Waals surface area contributed by atoms with Gasteiger partial charge in [0.2, 0.25) is 5.91 Å². The molecule has 0 aliphatic rings. The van der Waals surface area contributed by atoms with Gasteiger partial charge in [0.25, 0.3) is 5.56 Å². The summed E-state index contributed by atoms with van der Waals surface area (Å²) in [4.78, 5) is 22.9. The molecule has 1 amide bonds. The number of aliphatic hydroxyl groups excluding tert-OH is 1. The Morgan fingerprint density at radius 2 is 2.32 bits per heavy atom. The number of nitrogens with zero attached hydrogens (tertiary/aromatic N) is 1. The zero-order valence-corrected chi connectivity index (χ0v) is 11.0. The lowest BCUT2D eigenvalue weighted by molar-refractivity contribution is -0.121. The average Bonchev–Trinajstić information content (AvgIpc) is 2.38. The molecule has 0 saturated carbocycles. The molecule has 0 saturated heterocycles. The summed E-state index contributed by atoms with van der Waals surface area (Å²) in [5, 5.41) is 12.1. The number of methoxy groups -OCH3 is 1. The smallest absolute Gasteiger partial charge is 0.250 e. The van der Waals surface area contributed by atoms with E-state index in [4.69, 9.17) is 4.74 Å². The van der Waals surface area contributed by atoms with E-state index in [1.807, 2.05) is 0 Å². The van der Waals surface area contributed by atoms with Gasteiger partial charge in [-0.2, -0.15) is 0 Å². The normalized spacial score (nSPS) is 12.1. The first kappa shape index (κ1) is 15.4. The molecule has 2 N–H and O–H groups in total. The third kappa shape index (κ3) is 6.17. The van der Waals surface area contributed by atoms with Gasteiger partial charge in [-0.3, -0.25) is 9.59 Å². The van der Waals surface area contributed by atoms with Crippen LogP contribution in [0, 0.1) is 0 Å². The highest BCUT2D eigenvalue weighted by Gasteiger charge is 2.05. The Hall–Kier alpha value is -1.66. The number of pyridine rings is 1. The molecule has 0 spiro atoms. The summed E-state index contributed by atoms with van der Waals surface area (Å²) >= 11 is 0. The number of rotatable bonds is 8. The van der Waals surface area contributed by atoms with Crippen LogP contribution < -0.4 is 10.9 Å². The van der Waals surface area contributed by atoms with Gasteiger partial charge in [-0.05, 0) is 12.5 Å². The predicted octanol–water partition coefficient (Wildman–Crippen LogP) is -0.248. The quantitative estimate of drug-likeness (QED) is 0.681. The highest BCUT2D eigenvalue weighted by Crippen LogP contribution is 1.92. The number of ether oxygens (including phenoxy) is 1. The lowest BCUT2D eigenvalue weighted by Crippen LogP contribution is -2.30. The molecule has 106 valence electrons. The molecule has 0 aromatic carbocycles. The fraction of sp³-hybridized carbons (Fsp3) is 0.538. The minimum absolute atomic E-state index is 0.120. The van der Waals surface area contributed by atoms with E-state index in [0.717, 1.165) is 0 Å². The minimum Gasteiger partial charge on any atom is -0.391 e. The minimum atomic E-state index is -0.568. The van der Waals surface area contributed by atoms with Gasteiger partial charge < -0.3 is 19.7 Å². The Labute approximate surface area is 112 Å². The van der Waals surface area contributed by atoms with E-state index < -0.39 is 6.10 Å². The molecule has 0 bridgehead atoms. The molecular weight excluding hydrogens is 248 g/mol. The average molecular weight is 268 g/mol. The first-order chi connectivity index (χ1) is 9.13. The number of carbonyl (C=O) groups excluding carboxylic acids is 1. The molecule has 0 aliphatic heterocycles. The molecule has 0 radical (unpaired) electrons. The van der Waals surface area contributed by atoms with Crippen molar-refractivity contribution in [2.24, 2.45) is 0 Å². The van der Waals surface area contributed by atoms with Crippen molar-refractivity contribution in [3.8, 4) is 0 Å². The van der Waals surface area contributed by atoms with Crippen molar-refractivity contribution in [1.29, 1.82) is 0 Å². The third-order valence-corrected chi connectivity index (χ3v) is 2.64. The number of amides is 1. The molecular formula is C13H20N2O4. The van der Waals surface area contributed by atoms with E-state index in [1.165, 1.54) is 17.7 Å². The Kier molecular flexibility index (Phi) is 6.84. The molecule has 1 heterocycles. The SMILES string of the molecule is COCC(O)CCNC(=O)CCn1ccccc1=O. The highest BCUT2D eigenvalue weighted by atomic mass is 16.5. The van der Waals surface area contributed by atoms with Crippen LogP contribution in [0.25, 0.3) is 0 Å². The van der Waals surface area contributed by atoms with Crippen LogP contribution in [0.15, 0.2) is 29.2 Å². The van der Waals surface area contributed by atoms with Crippen molar-refractivity contribution in [3.63, 3.8) is 0 Å². The van der Waals surface area contributed by atoms with E-state index in [2.05, 4.69) is 5.32 Å². The predicted molar refractivity (Wildman–Crippen MR) is 70.8 cm³/mol. The van der Waals surface area contributed by atoms with E-state index in [9.17, 15) is 14.7 Å².